The van der Waals surface area contributed by atoms with Crippen LogP contribution in [0.3, 0.4) is 0 Å². The minimum atomic E-state index is -0.976. The fourth-order valence-electron chi connectivity index (χ4n) is 6.17. The first-order chi connectivity index (χ1) is 19.0. The number of pyridine rings is 1. The zero-order valence-electron chi connectivity index (χ0n) is 24.6. The molecule has 0 saturated carbocycles. The quantitative estimate of drug-likeness (QED) is 0.196. The van der Waals surface area contributed by atoms with E-state index >= 15 is 0 Å². The van der Waals surface area contributed by atoms with Crippen molar-refractivity contribution in [3.63, 3.8) is 0 Å². The molecule has 0 spiro atoms. The van der Waals surface area contributed by atoms with Crippen molar-refractivity contribution in [1.82, 2.24) is 14.6 Å². The maximum Gasteiger partial charge on any atom is 0.0960 e. The maximum atomic E-state index is 11.0. The molecular formula is C33H43N5O2. The lowest BCUT2D eigenvalue weighted by molar-refractivity contribution is 0.0552. The molecule has 0 amide bonds. The Hall–Kier alpha value is -3.39. The Balaban J connectivity index is 1.85. The number of nitrogens with two attached hydrogens (primary N) is 2. The summed E-state index contributed by atoms with van der Waals surface area (Å²) in [6, 6.07) is 17.5. The number of fused-ring (bicyclic) bond motifs is 3. The van der Waals surface area contributed by atoms with Crippen LogP contribution in [0.4, 0.5) is 0 Å². The van der Waals surface area contributed by atoms with E-state index in [2.05, 4.69) is 60.9 Å². The van der Waals surface area contributed by atoms with Crippen molar-refractivity contribution in [3.8, 4) is 0 Å². The van der Waals surface area contributed by atoms with Crippen molar-refractivity contribution in [2.45, 2.75) is 65.0 Å². The van der Waals surface area contributed by atoms with Gasteiger partial charge in [-0.25, -0.2) is 5.84 Å². The van der Waals surface area contributed by atoms with E-state index in [1.807, 2.05) is 33.0 Å². The number of hydrazine groups is 1. The van der Waals surface area contributed by atoms with Gasteiger partial charge in [-0.2, -0.15) is 0 Å². The van der Waals surface area contributed by atoms with Gasteiger partial charge in [-0.15, -0.1) is 0 Å². The Morgan fingerprint density at radius 1 is 1.05 bits per heavy atom. The van der Waals surface area contributed by atoms with Crippen LogP contribution in [0.5, 0.6) is 0 Å². The topological polar surface area (TPSA) is 103 Å². The van der Waals surface area contributed by atoms with Gasteiger partial charge in [-0.05, 0) is 74.3 Å². The Morgan fingerprint density at radius 2 is 1.70 bits per heavy atom. The van der Waals surface area contributed by atoms with Gasteiger partial charge in [0.15, 0.2) is 0 Å². The van der Waals surface area contributed by atoms with E-state index in [1.165, 1.54) is 11.1 Å². The number of aliphatic hydroxyl groups is 1. The highest BCUT2D eigenvalue weighted by Gasteiger charge is 2.31. The summed E-state index contributed by atoms with van der Waals surface area (Å²) in [5, 5.41) is 13.6. The van der Waals surface area contributed by atoms with Crippen molar-refractivity contribution < 1.29 is 9.84 Å². The summed E-state index contributed by atoms with van der Waals surface area (Å²) in [5.41, 5.74) is 14.0. The SMILES string of the molecule is C/C(N)=C(\c1cnc2c3ccc(C(C)(C)O)cc3n(C(c3ccc(C(C)C)cc3)C3CCOCC3)c2c1)N(C)N. The van der Waals surface area contributed by atoms with Crippen LogP contribution in [-0.2, 0) is 10.3 Å². The third-order valence-electron chi connectivity index (χ3n) is 8.28. The minimum absolute atomic E-state index is 0.0567. The van der Waals surface area contributed by atoms with Crippen LogP contribution in [0.15, 0.2) is 60.4 Å². The molecule has 5 rings (SSSR count). The van der Waals surface area contributed by atoms with Crippen molar-refractivity contribution in [3.05, 3.63) is 82.7 Å². The van der Waals surface area contributed by atoms with Gasteiger partial charge in [0.2, 0.25) is 0 Å². The molecule has 7 nitrogen and oxygen atoms in total. The molecule has 1 atom stereocenters. The lowest BCUT2D eigenvalue weighted by atomic mass is 9.85. The summed E-state index contributed by atoms with van der Waals surface area (Å²) in [7, 11) is 1.79. The molecule has 0 aliphatic carbocycles. The first-order valence-corrected chi connectivity index (χ1v) is 14.3. The molecule has 2 aromatic carbocycles. The first kappa shape index (κ1) is 28.1. The van der Waals surface area contributed by atoms with E-state index in [0.29, 0.717) is 17.5 Å². The molecule has 4 aromatic rings. The molecule has 212 valence electrons. The number of rotatable bonds is 7. The molecule has 40 heavy (non-hydrogen) atoms. The van der Waals surface area contributed by atoms with E-state index in [-0.39, 0.29) is 6.04 Å². The first-order valence-electron chi connectivity index (χ1n) is 14.3. The number of nitrogens with zero attached hydrogens (tertiary/aromatic N) is 3. The molecule has 2 aromatic heterocycles. The van der Waals surface area contributed by atoms with E-state index in [4.69, 9.17) is 21.3 Å². The Kier molecular flexibility index (Phi) is 7.66. The highest BCUT2D eigenvalue weighted by Crippen LogP contribution is 2.42. The number of allylic oxidation sites excluding steroid dienone is 1. The predicted molar refractivity (Wildman–Crippen MR) is 163 cm³/mol. The molecule has 0 radical (unpaired) electrons. The zero-order valence-corrected chi connectivity index (χ0v) is 24.6. The van der Waals surface area contributed by atoms with Gasteiger partial charge in [0, 0.05) is 43.1 Å². The van der Waals surface area contributed by atoms with Crippen LogP contribution in [-0.4, -0.2) is 39.9 Å². The fraction of sp³-hybridized carbons (Fsp3) is 0.424. The van der Waals surface area contributed by atoms with Gasteiger partial charge in [0.05, 0.1) is 33.9 Å². The lowest BCUT2D eigenvalue weighted by Crippen LogP contribution is -2.27. The van der Waals surface area contributed by atoms with E-state index in [0.717, 1.165) is 64.8 Å². The van der Waals surface area contributed by atoms with Crippen LogP contribution in [0.25, 0.3) is 27.6 Å². The van der Waals surface area contributed by atoms with E-state index in [9.17, 15) is 5.11 Å². The number of aromatic nitrogens is 2. The second-order valence-corrected chi connectivity index (χ2v) is 12.1. The molecule has 1 aliphatic rings. The predicted octanol–water partition coefficient (Wildman–Crippen LogP) is 6.01. The Morgan fingerprint density at radius 3 is 2.27 bits per heavy atom. The fourth-order valence-corrected chi connectivity index (χ4v) is 6.17. The van der Waals surface area contributed by atoms with E-state index in [1.54, 1.807) is 12.1 Å². The molecule has 0 bridgehead atoms. The van der Waals surface area contributed by atoms with Gasteiger partial charge < -0.3 is 25.2 Å². The van der Waals surface area contributed by atoms with Gasteiger partial charge >= 0.3 is 0 Å². The molecule has 1 unspecified atom stereocenters. The monoisotopic (exact) mass is 541 g/mol. The number of hydrogen-bond acceptors (Lipinski definition) is 6. The number of ether oxygens (including phenoxy) is 1. The normalized spacial score (nSPS) is 16.5. The molecule has 1 saturated heterocycles. The second kappa shape index (κ2) is 10.9. The lowest BCUT2D eigenvalue weighted by Gasteiger charge is -2.33. The maximum absolute atomic E-state index is 11.0. The van der Waals surface area contributed by atoms with Crippen molar-refractivity contribution in [2.75, 3.05) is 20.3 Å². The third-order valence-corrected chi connectivity index (χ3v) is 8.28. The van der Waals surface area contributed by atoms with Gasteiger partial charge in [-0.1, -0.05) is 50.2 Å². The summed E-state index contributed by atoms with van der Waals surface area (Å²) >= 11 is 0. The Labute approximate surface area is 237 Å². The highest BCUT2D eigenvalue weighted by atomic mass is 16.5. The van der Waals surface area contributed by atoms with Gasteiger partial charge in [0.1, 0.15) is 0 Å². The standard InChI is InChI=1S/C33H43N5O2/c1-20(2)22-7-9-23(10-8-22)32(24-13-15-40-16-14-24)38-28-18-26(33(4,5)39)11-12-27(28)30-29(38)17-25(19-36-30)31(21(3)34)37(6)35/h7-12,17-20,24,32,39H,13-16,34-35H2,1-6H3/b31-21-. The summed E-state index contributed by atoms with van der Waals surface area (Å²) in [6.07, 6.45) is 3.79. The molecule has 1 fully saturated rings. The minimum Gasteiger partial charge on any atom is -0.401 e. The molecule has 3 heterocycles. The van der Waals surface area contributed by atoms with Crippen molar-refractivity contribution >= 4 is 27.6 Å². The third kappa shape index (κ3) is 5.21. The number of benzene rings is 2. The number of hydrogen-bond donors (Lipinski definition) is 3. The average Bonchev–Trinajstić information content (AvgIpc) is 3.22. The van der Waals surface area contributed by atoms with Crippen molar-refractivity contribution in [2.24, 2.45) is 17.5 Å². The Bertz CT molecular complexity index is 1530. The molecule has 1 aliphatic heterocycles. The van der Waals surface area contributed by atoms with Crippen LogP contribution in [0, 0.1) is 5.92 Å². The van der Waals surface area contributed by atoms with Gasteiger partial charge in [-0.3, -0.25) is 4.98 Å². The van der Waals surface area contributed by atoms with Crippen LogP contribution in [0.2, 0.25) is 0 Å². The summed E-state index contributed by atoms with van der Waals surface area (Å²) in [6.45, 7) is 11.5. The van der Waals surface area contributed by atoms with Crippen LogP contribution < -0.4 is 11.6 Å². The largest absolute Gasteiger partial charge is 0.401 e. The van der Waals surface area contributed by atoms with Crippen LogP contribution in [0.1, 0.15) is 81.7 Å². The molecular weight excluding hydrogens is 498 g/mol. The summed E-state index contributed by atoms with van der Waals surface area (Å²) in [4.78, 5) is 4.99. The average molecular weight is 542 g/mol. The highest BCUT2D eigenvalue weighted by molar-refractivity contribution is 6.06. The zero-order chi connectivity index (χ0) is 28.8. The van der Waals surface area contributed by atoms with E-state index < -0.39 is 5.60 Å². The van der Waals surface area contributed by atoms with Crippen LogP contribution >= 0.6 is 0 Å². The summed E-state index contributed by atoms with van der Waals surface area (Å²) in [5.74, 6) is 7.05. The van der Waals surface area contributed by atoms with Crippen molar-refractivity contribution in [1.29, 1.82) is 0 Å². The molecule has 7 heteroatoms. The smallest absolute Gasteiger partial charge is 0.0960 e. The summed E-state index contributed by atoms with van der Waals surface area (Å²) < 4.78 is 8.24. The molecule has 5 N–H and O–H groups in total. The van der Waals surface area contributed by atoms with Gasteiger partial charge in [0.25, 0.3) is 0 Å². The second-order valence-electron chi connectivity index (χ2n) is 12.1.